The summed E-state index contributed by atoms with van der Waals surface area (Å²) in [5, 5.41) is 14.3. The Kier molecular flexibility index (Phi) is 9.07. The molecule has 0 aliphatic rings. The molecule has 2 amide bonds. The number of carbonyl (C=O) groups is 2. The van der Waals surface area contributed by atoms with E-state index >= 15 is 0 Å². The lowest BCUT2D eigenvalue weighted by atomic mass is 10.1. The van der Waals surface area contributed by atoms with Crippen molar-refractivity contribution in [1.29, 1.82) is 0 Å². The van der Waals surface area contributed by atoms with Gasteiger partial charge in [-0.3, -0.25) is 14.2 Å². The fourth-order valence-electron chi connectivity index (χ4n) is 3.70. The average Bonchev–Trinajstić information content (AvgIpc) is 3.32. The van der Waals surface area contributed by atoms with Crippen LogP contribution in [0.1, 0.15) is 32.9 Å². The largest absolute Gasteiger partial charge is 0.416 e. The fourth-order valence-corrected chi connectivity index (χ4v) is 4.85. The summed E-state index contributed by atoms with van der Waals surface area (Å²) in [7, 11) is 0. The predicted octanol–water partition coefficient (Wildman–Crippen LogP) is 6.87. The number of nitrogens with zero attached hydrogens (tertiary/aromatic N) is 3. The first-order chi connectivity index (χ1) is 18.9. The monoisotopic (exact) mass is 607 g/mol. The van der Waals surface area contributed by atoms with Crippen LogP contribution in [0.5, 0.6) is 0 Å². The summed E-state index contributed by atoms with van der Waals surface area (Å²) in [5.41, 5.74) is 1.88. The summed E-state index contributed by atoms with van der Waals surface area (Å²) < 4.78 is 41.8. The molecule has 0 unspecified atom stereocenters. The second kappa shape index (κ2) is 12.3. The molecule has 0 radical (unpaired) electrons. The van der Waals surface area contributed by atoms with Gasteiger partial charge in [-0.1, -0.05) is 53.2 Å². The highest BCUT2D eigenvalue weighted by atomic mass is 35.5. The van der Waals surface area contributed by atoms with E-state index in [0.29, 0.717) is 10.7 Å². The molecule has 0 bridgehead atoms. The van der Waals surface area contributed by atoms with E-state index in [4.69, 9.17) is 23.2 Å². The van der Waals surface area contributed by atoms with Crippen molar-refractivity contribution < 1.29 is 22.8 Å². The number of hydrogen-bond acceptors (Lipinski definition) is 5. The molecule has 0 spiro atoms. The second-order valence-corrected chi connectivity index (χ2v) is 10.5. The number of nitrogens with one attached hydrogen (secondary N) is 2. The number of halogens is 5. The smallest absolute Gasteiger partial charge is 0.345 e. The number of aryl methyl sites for hydroxylation is 2. The molecule has 4 rings (SSSR count). The average molecular weight is 608 g/mol. The van der Waals surface area contributed by atoms with Crippen molar-refractivity contribution in [3.05, 3.63) is 98.8 Å². The van der Waals surface area contributed by atoms with Gasteiger partial charge in [-0.2, -0.15) is 13.2 Å². The van der Waals surface area contributed by atoms with E-state index in [-0.39, 0.29) is 45.5 Å². The second-order valence-electron chi connectivity index (χ2n) is 8.74. The molecule has 2 N–H and O–H groups in total. The molecule has 40 heavy (non-hydrogen) atoms. The Hall–Kier alpha value is -3.54. The Morgan fingerprint density at radius 3 is 2.52 bits per heavy atom. The molecule has 1 heterocycles. The third-order valence-electron chi connectivity index (χ3n) is 5.71. The summed E-state index contributed by atoms with van der Waals surface area (Å²) in [4.78, 5) is 25.5. The predicted molar refractivity (Wildman–Crippen MR) is 149 cm³/mol. The van der Waals surface area contributed by atoms with Crippen LogP contribution in [0.3, 0.4) is 0 Å². The molecule has 1 aromatic heterocycles. The van der Waals surface area contributed by atoms with E-state index in [9.17, 15) is 22.8 Å². The maximum Gasteiger partial charge on any atom is 0.416 e. The summed E-state index contributed by atoms with van der Waals surface area (Å²) >= 11 is 13.1. The van der Waals surface area contributed by atoms with E-state index in [0.717, 1.165) is 35.0 Å². The summed E-state index contributed by atoms with van der Waals surface area (Å²) in [6, 6.07) is 14.7. The highest BCUT2D eigenvalue weighted by Crippen LogP contribution is 2.32. The van der Waals surface area contributed by atoms with Crippen LogP contribution in [0.15, 0.2) is 65.8 Å². The first kappa shape index (κ1) is 29.4. The van der Waals surface area contributed by atoms with E-state index in [1.54, 1.807) is 0 Å². The Balaban J connectivity index is 1.59. The zero-order valence-corrected chi connectivity index (χ0v) is 23.5. The lowest BCUT2D eigenvalue weighted by Gasteiger charge is -2.14. The van der Waals surface area contributed by atoms with Gasteiger partial charge in [-0.05, 0) is 67.4 Å². The molecular weight excluding hydrogens is 586 g/mol. The van der Waals surface area contributed by atoms with Crippen LogP contribution in [-0.2, 0) is 17.5 Å². The van der Waals surface area contributed by atoms with Gasteiger partial charge in [0, 0.05) is 10.7 Å². The summed E-state index contributed by atoms with van der Waals surface area (Å²) in [5.74, 6) is -0.839. The topological polar surface area (TPSA) is 88.9 Å². The van der Waals surface area contributed by atoms with Gasteiger partial charge in [0.1, 0.15) is 0 Å². The van der Waals surface area contributed by atoms with Gasteiger partial charge in [-0.15, -0.1) is 10.2 Å². The quantitative estimate of drug-likeness (QED) is 0.213. The molecular formula is C27H22Cl2F3N5O2S. The highest BCUT2D eigenvalue weighted by molar-refractivity contribution is 7.99. The van der Waals surface area contributed by atoms with Crippen LogP contribution in [0.4, 0.5) is 18.9 Å². The molecule has 0 atom stereocenters. The lowest BCUT2D eigenvalue weighted by Crippen LogP contribution is -2.25. The third kappa shape index (κ3) is 7.15. The molecule has 13 heteroatoms. The van der Waals surface area contributed by atoms with Crippen LogP contribution in [0.25, 0.3) is 5.69 Å². The molecule has 0 saturated heterocycles. The number of alkyl halides is 3. The normalized spacial score (nSPS) is 11.4. The van der Waals surface area contributed by atoms with Gasteiger partial charge < -0.3 is 10.6 Å². The molecule has 7 nitrogen and oxygen atoms in total. The number of anilines is 1. The molecule has 0 aliphatic carbocycles. The van der Waals surface area contributed by atoms with E-state index in [1.165, 1.54) is 34.9 Å². The zero-order valence-electron chi connectivity index (χ0n) is 21.1. The van der Waals surface area contributed by atoms with E-state index in [2.05, 4.69) is 20.8 Å². The van der Waals surface area contributed by atoms with Crippen molar-refractivity contribution in [1.82, 2.24) is 20.1 Å². The summed E-state index contributed by atoms with van der Waals surface area (Å²) in [6.45, 7) is 3.58. The van der Waals surface area contributed by atoms with Crippen LogP contribution >= 0.6 is 35.0 Å². The van der Waals surface area contributed by atoms with Crippen molar-refractivity contribution in [2.24, 2.45) is 0 Å². The minimum atomic E-state index is -4.58. The van der Waals surface area contributed by atoms with Crippen LogP contribution < -0.4 is 10.6 Å². The van der Waals surface area contributed by atoms with Crippen LogP contribution in [0.2, 0.25) is 10.0 Å². The van der Waals surface area contributed by atoms with Crippen molar-refractivity contribution in [2.75, 3.05) is 11.1 Å². The number of thioether (sulfide) groups is 1. The maximum atomic E-state index is 13.5. The highest BCUT2D eigenvalue weighted by Gasteiger charge is 2.31. The first-order valence-electron chi connectivity index (χ1n) is 11.8. The van der Waals surface area contributed by atoms with E-state index < -0.39 is 17.6 Å². The van der Waals surface area contributed by atoms with Gasteiger partial charge in [0.15, 0.2) is 11.0 Å². The SMILES string of the molecule is Cc1ccc(C)c(NC(=O)CSc2nnc(CNC(=O)c3cc(Cl)ccc3Cl)n2-c2cccc(C(F)(F)F)c2)c1. The van der Waals surface area contributed by atoms with Crippen molar-refractivity contribution in [3.8, 4) is 5.69 Å². The minimum Gasteiger partial charge on any atom is -0.345 e. The number of hydrogen-bond donors (Lipinski definition) is 2. The van der Waals surface area contributed by atoms with Crippen LogP contribution in [0, 0.1) is 13.8 Å². The number of aromatic nitrogens is 3. The lowest BCUT2D eigenvalue weighted by molar-refractivity contribution is -0.137. The minimum absolute atomic E-state index is 0.0883. The molecule has 0 fully saturated rings. The standard InChI is InChI=1S/C27H22Cl2F3N5O2S/c1-15-6-7-16(2)22(10-15)34-24(38)14-40-26-36-35-23(13-33-25(39)20-12-18(28)8-9-21(20)29)37(26)19-5-3-4-17(11-19)27(30,31)32/h3-12H,13-14H2,1-2H3,(H,33,39)(H,34,38). The fraction of sp³-hybridized carbons (Fsp3) is 0.185. The number of rotatable bonds is 8. The number of benzene rings is 3. The Bertz CT molecular complexity index is 1580. The molecule has 0 saturated carbocycles. The third-order valence-corrected chi connectivity index (χ3v) is 7.21. The molecule has 0 aliphatic heterocycles. The van der Waals surface area contributed by atoms with E-state index in [1.807, 2.05) is 32.0 Å². The number of amides is 2. The molecule has 3 aromatic carbocycles. The van der Waals surface area contributed by atoms with Crippen molar-refractivity contribution in [3.63, 3.8) is 0 Å². The first-order valence-corrected chi connectivity index (χ1v) is 13.5. The Labute approximate surface area is 242 Å². The van der Waals surface area contributed by atoms with Gasteiger partial charge in [0.2, 0.25) is 5.91 Å². The summed E-state index contributed by atoms with van der Waals surface area (Å²) in [6.07, 6.45) is -4.58. The van der Waals surface area contributed by atoms with Gasteiger partial charge in [0.05, 0.1) is 34.1 Å². The van der Waals surface area contributed by atoms with Gasteiger partial charge in [0.25, 0.3) is 5.91 Å². The van der Waals surface area contributed by atoms with Crippen LogP contribution in [-0.4, -0.2) is 32.3 Å². The zero-order chi connectivity index (χ0) is 29.0. The number of carbonyl (C=O) groups excluding carboxylic acids is 2. The Morgan fingerprint density at radius 1 is 1.00 bits per heavy atom. The van der Waals surface area contributed by atoms with Crippen molar-refractivity contribution in [2.45, 2.75) is 31.7 Å². The maximum absolute atomic E-state index is 13.5. The Morgan fingerprint density at radius 2 is 1.77 bits per heavy atom. The van der Waals surface area contributed by atoms with Crippen molar-refractivity contribution >= 4 is 52.5 Å². The van der Waals surface area contributed by atoms with Gasteiger partial charge >= 0.3 is 6.18 Å². The van der Waals surface area contributed by atoms with Gasteiger partial charge in [-0.25, -0.2) is 0 Å². The molecule has 208 valence electrons. The molecule has 4 aromatic rings.